The van der Waals surface area contributed by atoms with Gasteiger partial charge in [0.1, 0.15) is 5.71 Å². The van der Waals surface area contributed by atoms with Gasteiger partial charge in [0.2, 0.25) is 20.0 Å². The summed E-state index contributed by atoms with van der Waals surface area (Å²) in [4.78, 5) is -0.347. The molecule has 0 radical (unpaired) electrons. The van der Waals surface area contributed by atoms with Crippen molar-refractivity contribution < 1.29 is 39.6 Å². The summed E-state index contributed by atoms with van der Waals surface area (Å²) in [6, 6.07) is 8.16. The van der Waals surface area contributed by atoms with Crippen molar-refractivity contribution in [2.24, 2.45) is 5.16 Å². The molecule has 8 nitrogen and oxygen atoms in total. The van der Waals surface area contributed by atoms with E-state index in [1.54, 1.807) is 0 Å². The number of sulfonamides is 2. The summed E-state index contributed by atoms with van der Waals surface area (Å²) in [6.45, 7) is -1.34. The number of hydrogen-bond acceptors (Lipinski definition) is 6. The van der Waals surface area contributed by atoms with Crippen molar-refractivity contribution in [1.82, 2.24) is 8.61 Å². The third kappa shape index (κ3) is 4.53. The van der Waals surface area contributed by atoms with E-state index >= 15 is 0 Å². The maximum atomic E-state index is 13.5. The first-order valence-electron chi connectivity index (χ1n) is 11.5. The number of piperidine rings is 2. The maximum Gasteiger partial charge on any atom is 0.250 e. The Balaban J connectivity index is 1.47. The molecule has 0 aromatic heterocycles. The van der Waals surface area contributed by atoms with Gasteiger partial charge in [-0.25, -0.2) is 34.4 Å². The van der Waals surface area contributed by atoms with Crippen LogP contribution in [0.15, 0.2) is 51.3 Å². The standard InChI is InChI=1S/C23H23F4N3O5S2/c24-22(25)5-9-29(10-6-22)36(32,33)15-1-3-17-18-4-2-16(14-20(18)21(28-31)19(17)13-15)37(34,35)30-11-7-23(26,27)8-12-30/h1-4,13-14,31H,5-12H2. The van der Waals surface area contributed by atoms with Crippen LogP contribution in [-0.4, -0.2) is 74.4 Å². The molecule has 2 aliphatic heterocycles. The van der Waals surface area contributed by atoms with Crippen LogP contribution >= 0.6 is 0 Å². The number of nitrogens with zero attached hydrogens (tertiary/aromatic N) is 3. The van der Waals surface area contributed by atoms with E-state index in [-0.39, 0.29) is 52.8 Å². The number of halogens is 4. The minimum absolute atomic E-state index is 0.0607. The van der Waals surface area contributed by atoms with Gasteiger partial charge in [-0.1, -0.05) is 17.3 Å². The number of hydrogen-bond donors (Lipinski definition) is 1. The maximum absolute atomic E-state index is 13.5. The predicted octanol–water partition coefficient (Wildman–Crippen LogP) is 3.73. The molecule has 2 aromatic rings. The summed E-state index contributed by atoms with van der Waals surface area (Å²) in [7, 11) is -8.22. The van der Waals surface area contributed by atoms with E-state index in [0.717, 1.165) is 8.61 Å². The zero-order chi connectivity index (χ0) is 26.8. The van der Waals surface area contributed by atoms with Gasteiger partial charge in [0, 0.05) is 63.0 Å². The van der Waals surface area contributed by atoms with Gasteiger partial charge in [-0.15, -0.1) is 0 Å². The average Bonchev–Trinajstić information content (AvgIpc) is 3.15. The topological polar surface area (TPSA) is 107 Å². The number of oxime groups is 1. The van der Waals surface area contributed by atoms with Crippen molar-refractivity contribution >= 4 is 25.8 Å². The molecule has 1 aliphatic carbocycles. The molecule has 5 rings (SSSR count). The second-order valence-corrected chi connectivity index (χ2v) is 13.3. The lowest BCUT2D eigenvalue weighted by atomic mass is 10.1. The second kappa shape index (κ2) is 8.75. The smallest absolute Gasteiger partial charge is 0.250 e. The van der Waals surface area contributed by atoms with Crippen LogP contribution in [0.25, 0.3) is 11.1 Å². The first-order chi connectivity index (χ1) is 17.2. The molecule has 2 fully saturated rings. The van der Waals surface area contributed by atoms with Gasteiger partial charge in [0.25, 0.3) is 11.8 Å². The molecule has 2 heterocycles. The van der Waals surface area contributed by atoms with Gasteiger partial charge < -0.3 is 5.21 Å². The van der Waals surface area contributed by atoms with Crippen LogP contribution in [-0.2, 0) is 20.0 Å². The fourth-order valence-electron chi connectivity index (χ4n) is 4.89. The van der Waals surface area contributed by atoms with Crippen LogP contribution in [0, 0.1) is 0 Å². The highest BCUT2D eigenvalue weighted by Gasteiger charge is 2.41. The summed E-state index contributed by atoms with van der Waals surface area (Å²) in [6.07, 6.45) is -2.34. The zero-order valence-electron chi connectivity index (χ0n) is 19.4. The Morgan fingerprint density at radius 3 is 1.32 bits per heavy atom. The van der Waals surface area contributed by atoms with Gasteiger partial charge in [0.15, 0.2) is 0 Å². The Bertz CT molecular complexity index is 1380. The summed E-state index contributed by atoms with van der Waals surface area (Å²) in [5.74, 6) is -5.84. The van der Waals surface area contributed by atoms with Gasteiger partial charge in [-0.2, -0.15) is 8.61 Å². The molecular formula is C23H23F4N3O5S2. The lowest BCUT2D eigenvalue weighted by Gasteiger charge is -2.31. The van der Waals surface area contributed by atoms with E-state index < -0.39 is 57.6 Å². The Kier molecular flexibility index (Phi) is 6.17. The average molecular weight is 562 g/mol. The molecule has 3 aliphatic rings. The SMILES string of the molecule is O=S(=O)(c1ccc2c(c1)C(=NO)c1cc(S(=O)(=O)N3CCC(F)(F)CC3)ccc1-2)N1CCC(F)(F)CC1. The van der Waals surface area contributed by atoms with Crippen molar-refractivity contribution in [3.05, 3.63) is 47.5 Å². The van der Waals surface area contributed by atoms with Gasteiger partial charge >= 0.3 is 0 Å². The molecule has 0 bridgehead atoms. The highest BCUT2D eigenvalue weighted by atomic mass is 32.2. The fourth-order valence-corrected chi connectivity index (χ4v) is 7.82. The molecule has 2 saturated heterocycles. The van der Waals surface area contributed by atoms with E-state index in [1.807, 2.05) is 0 Å². The number of benzene rings is 2. The third-order valence-electron chi connectivity index (χ3n) is 7.07. The molecule has 2 aromatic carbocycles. The second-order valence-electron chi connectivity index (χ2n) is 9.38. The number of alkyl halides is 4. The lowest BCUT2D eigenvalue weighted by Crippen LogP contribution is -2.42. The van der Waals surface area contributed by atoms with Gasteiger partial charge in [0.05, 0.1) is 9.79 Å². The van der Waals surface area contributed by atoms with E-state index in [1.165, 1.54) is 36.4 Å². The lowest BCUT2D eigenvalue weighted by molar-refractivity contribution is -0.0419. The summed E-state index contributed by atoms with van der Waals surface area (Å²) in [5.41, 5.74) is 1.39. The van der Waals surface area contributed by atoms with Gasteiger partial charge in [-0.3, -0.25) is 0 Å². The Morgan fingerprint density at radius 1 is 0.649 bits per heavy atom. The Morgan fingerprint density at radius 2 is 1.00 bits per heavy atom. The first-order valence-corrected chi connectivity index (χ1v) is 14.4. The molecular weight excluding hydrogens is 538 g/mol. The van der Waals surface area contributed by atoms with Crippen molar-refractivity contribution in [1.29, 1.82) is 0 Å². The molecule has 0 amide bonds. The van der Waals surface area contributed by atoms with Gasteiger partial charge in [-0.05, 0) is 35.4 Å². The van der Waals surface area contributed by atoms with Crippen molar-refractivity contribution in [3.63, 3.8) is 0 Å². The van der Waals surface area contributed by atoms with Crippen LogP contribution < -0.4 is 0 Å². The Labute approximate surface area is 211 Å². The number of rotatable bonds is 4. The molecule has 1 N–H and O–H groups in total. The van der Waals surface area contributed by atoms with E-state index in [9.17, 15) is 39.6 Å². The predicted molar refractivity (Wildman–Crippen MR) is 125 cm³/mol. The monoisotopic (exact) mass is 561 g/mol. The van der Waals surface area contributed by atoms with E-state index in [2.05, 4.69) is 5.16 Å². The Hall–Kier alpha value is -2.55. The largest absolute Gasteiger partial charge is 0.410 e. The van der Waals surface area contributed by atoms with Crippen LogP contribution in [0.1, 0.15) is 36.8 Å². The molecule has 0 spiro atoms. The van der Waals surface area contributed by atoms with Crippen LogP contribution in [0.3, 0.4) is 0 Å². The van der Waals surface area contributed by atoms with E-state index in [4.69, 9.17) is 0 Å². The molecule has 0 atom stereocenters. The quantitative estimate of drug-likeness (QED) is 0.297. The van der Waals surface area contributed by atoms with Crippen LogP contribution in [0.5, 0.6) is 0 Å². The minimum Gasteiger partial charge on any atom is -0.410 e. The van der Waals surface area contributed by atoms with Crippen molar-refractivity contribution in [2.45, 2.75) is 47.3 Å². The number of fused-ring (bicyclic) bond motifs is 3. The first kappa shape index (κ1) is 26.1. The van der Waals surface area contributed by atoms with Crippen molar-refractivity contribution in [3.8, 4) is 11.1 Å². The molecule has 37 heavy (non-hydrogen) atoms. The third-order valence-corrected chi connectivity index (χ3v) is 10.9. The summed E-state index contributed by atoms with van der Waals surface area (Å²) >= 11 is 0. The fraction of sp³-hybridized carbons (Fsp3) is 0.435. The summed E-state index contributed by atoms with van der Waals surface area (Å²) in [5, 5.41) is 13.0. The molecule has 200 valence electrons. The van der Waals surface area contributed by atoms with E-state index in [0.29, 0.717) is 11.1 Å². The highest BCUT2D eigenvalue weighted by molar-refractivity contribution is 7.89. The highest BCUT2D eigenvalue weighted by Crippen LogP contribution is 2.41. The summed E-state index contributed by atoms with van der Waals surface area (Å²) < 4.78 is 109. The van der Waals surface area contributed by atoms with Crippen molar-refractivity contribution in [2.75, 3.05) is 26.2 Å². The van der Waals surface area contributed by atoms with Crippen LogP contribution in [0.2, 0.25) is 0 Å². The molecule has 0 saturated carbocycles. The molecule has 0 unspecified atom stereocenters. The molecule has 14 heteroatoms. The minimum atomic E-state index is -4.11. The zero-order valence-corrected chi connectivity index (χ0v) is 21.0. The van der Waals surface area contributed by atoms with Crippen LogP contribution in [0.4, 0.5) is 17.6 Å². The normalized spacial score (nSPS) is 21.9.